The lowest BCUT2D eigenvalue weighted by molar-refractivity contribution is -0.384. The smallest absolute Gasteiger partial charge is 0.269 e. The molecule has 2 N–H and O–H groups in total. The highest BCUT2D eigenvalue weighted by Crippen LogP contribution is 2.34. The second-order valence-electron chi connectivity index (χ2n) is 8.55. The fraction of sp³-hybridized carbons (Fsp3) is 0.333. The summed E-state index contributed by atoms with van der Waals surface area (Å²) < 4.78 is 0. The molecule has 3 aromatic rings. The number of nitro groups is 1. The largest absolute Gasteiger partial charge is 0.364 e. The normalized spacial score (nSPS) is 16.5. The van der Waals surface area contributed by atoms with Crippen LogP contribution in [-0.2, 0) is 13.0 Å². The fourth-order valence-corrected chi connectivity index (χ4v) is 4.76. The van der Waals surface area contributed by atoms with E-state index in [0.29, 0.717) is 17.5 Å². The van der Waals surface area contributed by atoms with Crippen molar-refractivity contribution in [3.63, 3.8) is 0 Å². The molecule has 0 unspecified atom stereocenters. The van der Waals surface area contributed by atoms with Crippen molar-refractivity contribution in [2.45, 2.75) is 38.3 Å². The van der Waals surface area contributed by atoms with Crippen molar-refractivity contribution < 1.29 is 4.92 Å². The van der Waals surface area contributed by atoms with Crippen LogP contribution < -0.4 is 5.32 Å². The molecule has 1 saturated heterocycles. The van der Waals surface area contributed by atoms with Crippen LogP contribution >= 0.6 is 11.6 Å². The zero-order chi connectivity index (χ0) is 22.8. The lowest BCUT2D eigenvalue weighted by atomic mass is 10.0. The number of benzene rings is 1. The Morgan fingerprint density at radius 1 is 1.30 bits per heavy atom. The van der Waals surface area contributed by atoms with Crippen molar-refractivity contribution in [2.75, 3.05) is 18.4 Å². The molecule has 1 fully saturated rings. The van der Waals surface area contributed by atoms with Crippen molar-refractivity contribution in [3.05, 3.63) is 74.7 Å². The van der Waals surface area contributed by atoms with E-state index in [4.69, 9.17) is 16.6 Å². The summed E-state index contributed by atoms with van der Waals surface area (Å²) in [7, 11) is 0. The maximum Gasteiger partial charge on any atom is 0.269 e. The van der Waals surface area contributed by atoms with Gasteiger partial charge in [-0.05, 0) is 31.2 Å². The predicted molar refractivity (Wildman–Crippen MR) is 129 cm³/mol. The highest BCUT2D eigenvalue weighted by atomic mass is 35.5. The van der Waals surface area contributed by atoms with E-state index in [9.17, 15) is 10.1 Å². The topological polar surface area (TPSA) is 100.0 Å². The molecule has 0 bridgehead atoms. The summed E-state index contributed by atoms with van der Waals surface area (Å²) in [6.45, 7) is 2.51. The maximum atomic E-state index is 11.0. The lowest BCUT2D eigenvalue weighted by Crippen LogP contribution is -2.39. The Hall–Kier alpha value is -3.23. The van der Waals surface area contributed by atoms with Crippen molar-refractivity contribution in [2.24, 2.45) is 0 Å². The van der Waals surface area contributed by atoms with E-state index in [2.05, 4.69) is 32.3 Å². The number of fused-ring (bicyclic) bond motifs is 1. The van der Waals surface area contributed by atoms with Gasteiger partial charge in [-0.1, -0.05) is 35.9 Å². The Morgan fingerprint density at radius 2 is 2.15 bits per heavy atom. The van der Waals surface area contributed by atoms with Crippen LogP contribution in [0.4, 0.5) is 11.6 Å². The van der Waals surface area contributed by atoms with Gasteiger partial charge in [0.05, 0.1) is 21.8 Å². The molecule has 0 amide bonds. The third-order valence-electron chi connectivity index (χ3n) is 6.30. The molecule has 2 aromatic heterocycles. The minimum absolute atomic E-state index is 0.138. The van der Waals surface area contributed by atoms with Gasteiger partial charge < -0.3 is 10.3 Å². The van der Waals surface area contributed by atoms with E-state index in [1.807, 2.05) is 12.3 Å². The van der Waals surface area contributed by atoms with Crippen molar-refractivity contribution in [3.8, 4) is 11.3 Å². The van der Waals surface area contributed by atoms with Crippen LogP contribution in [0, 0.1) is 10.1 Å². The van der Waals surface area contributed by atoms with Crippen LogP contribution in [0.3, 0.4) is 0 Å². The van der Waals surface area contributed by atoms with E-state index in [0.717, 1.165) is 61.2 Å². The average Bonchev–Trinajstić information content (AvgIpc) is 3.26. The van der Waals surface area contributed by atoms with Crippen molar-refractivity contribution in [1.82, 2.24) is 19.9 Å². The minimum atomic E-state index is -0.348. The van der Waals surface area contributed by atoms with Crippen LogP contribution in [0.5, 0.6) is 0 Å². The number of piperidine rings is 1. The number of non-ortho nitro benzene ring substituents is 1. The Bertz CT molecular complexity index is 1200. The molecule has 5 rings (SSSR count). The van der Waals surface area contributed by atoms with Crippen LogP contribution in [0.2, 0.25) is 5.02 Å². The van der Waals surface area contributed by atoms with Crippen LogP contribution in [0.25, 0.3) is 17.3 Å². The number of nitrogens with zero attached hydrogens (tertiary/aromatic N) is 4. The third-order valence-corrected chi connectivity index (χ3v) is 6.58. The highest BCUT2D eigenvalue weighted by molar-refractivity contribution is 6.33. The van der Waals surface area contributed by atoms with Gasteiger partial charge in [0.25, 0.3) is 5.69 Å². The molecule has 33 heavy (non-hydrogen) atoms. The number of allylic oxidation sites excluding steroid dienone is 1. The first-order valence-electron chi connectivity index (χ1n) is 11.2. The number of halogens is 1. The molecule has 9 heteroatoms. The molecule has 0 spiro atoms. The van der Waals surface area contributed by atoms with Crippen molar-refractivity contribution in [1.29, 1.82) is 0 Å². The van der Waals surface area contributed by atoms with Crippen LogP contribution in [0.15, 0.2) is 42.7 Å². The van der Waals surface area contributed by atoms with Gasteiger partial charge in [-0.25, -0.2) is 9.97 Å². The molecule has 170 valence electrons. The lowest BCUT2D eigenvalue weighted by Gasteiger charge is -2.32. The van der Waals surface area contributed by atoms with Gasteiger partial charge in [-0.2, -0.15) is 0 Å². The van der Waals surface area contributed by atoms with Crippen LogP contribution in [-0.4, -0.2) is 43.9 Å². The monoisotopic (exact) mass is 464 g/mol. The van der Waals surface area contributed by atoms with Gasteiger partial charge in [0, 0.05) is 60.8 Å². The number of likely N-dealkylation sites (tertiary alicyclic amines) is 1. The van der Waals surface area contributed by atoms with E-state index in [1.165, 1.54) is 11.8 Å². The Morgan fingerprint density at radius 3 is 2.97 bits per heavy atom. The van der Waals surface area contributed by atoms with Crippen LogP contribution in [0.1, 0.15) is 36.1 Å². The fourth-order valence-electron chi connectivity index (χ4n) is 4.57. The summed E-state index contributed by atoms with van der Waals surface area (Å²) in [5, 5.41) is 15.0. The van der Waals surface area contributed by atoms with Gasteiger partial charge in [-0.15, -0.1) is 0 Å². The highest BCUT2D eigenvalue weighted by Gasteiger charge is 2.22. The summed E-state index contributed by atoms with van der Waals surface area (Å²) in [5.74, 6) is 0.585. The summed E-state index contributed by atoms with van der Waals surface area (Å²) >= 11 is 6.46. The molecule has 0 radical (unpaired) electrons. The standard InChI is InChI=1S/C24H25ClN6O2/c25-21-14-27-24(29-23(21)20-13-26-22-7-2-1-6-19(20)22)28-17-8-10-30(11-9-17)15-16-4-3-5-18(12-16)31(32)33/h1,3-6,12-14,17,26H,2,7-11,15H2,(H,27,28,29). The summed E-state index contributed by atoms with van der Waals surface area (Å²) in [4.78, 5) is 25.5. The Labute approximate surface area is 196 Å². The molecule has 2 aliphatic rings. The first-order valence-corrected chi connectivity index (χ1v) is 11.6. The number of aromatic nitrogens is 3. The zero-order valence-electron chi connectivity index (χ0n) is 18.1. The van der Waals surface area contributed by atoms with Gasteiger partial charge in [0.15, 0.2) is 0 Å². The number of nitrogens with one attached hydrogen (secondary N) is 2. The van der Waals surface area contributed by atoms with Gasteiger partial charge in [0.1, 0.15) is 0 Å². The summed E-state index contributed by atoms with van der Waals surface area (Å²) in [6, 6.07) is 7.13. The molecule has 1 aromatic carbocycles. The quantitative estimate of drug-likeness (QED) is 0.390. The molecule has 1 aliphatic carbocycles. The summed E-state index contributed by atoms with van der Waals surface area (Å²) in [6.07, 6.45) is 11.9. The molecule has 3 heterocycles. The number of hydrogen-bond donors (Lipinski definition) is 2. The molecular formula is C24H25ClN6O2. The molecule has 8 nitrogen and oxygen atoms in total. The van der Waals surface area contributed by atoms with E-state index in [-0.39, 0.29) is 16.7 Å². The second kappa shape index (κ2) is 9.33. The molecule has 1 aliphatic heterocycles. The number of aryl methyl sites for hydroxylation is 1. The minimum Gasteiger partial charge on any atom is -0.364 e. The molecule has 0 atom stereocenters. The Balaban J connectivity index is 1.22. The number of H-pyrrole nitrogens is 1. The van der Waals surface area contributed by atoms with E-state index < -0.39 is 0 Å². The molecular weight excluding hydrogens is 440 g/mol. The summed E-state index contributed by atoms with van der Waals surface area (Å²) in [5.41, 5.74) is 5.21. The number of nitro benzene ring substituents is 1. The first kappa shape index (κ1) is 21.6. The number of hydrogen-bond acceptors (Lipinski definition) is 6. The Kier molecular flexibility index (Phi) is 6.11. The third kappa shape index (κ3) is 4.77. The van der Waals surface area contributed by atoms with Gasteiger partial charge in [0.2, 0.25) is 5.95 Å². The molecule has 0 saturated carbocycles. The SMILES string of the molecule is O=[N+]([O-])c1cccc(CN2CCC(Nc3ncc(Cl)c(-c4c[nH]c5c4C=CCC5)n3)CC2)c1. The van der Waals surface area contributed by atoms with Crippen molar-refractivity contribution >= 4 is 29.3 Å². The first-order chi connectivity index (χ1) is 16.1. The predicted octanol–water partition coefficient (Wildman–Crippen LogP) is 5.07. The van der Waals surface area contributed by atoms with Gasteiger partial charge >= 0.3 is 0 Å². The number of anilines is 1. The van der Waals surface area contributed by atoms with Gasteiger partial charge in [-0.3, -0.25) is 15.0 Å². The second-order valence-corrected chi connectivity index (χ2v) is 8.95. The van der Waals surface area contributed by atoms with E-state index >= 15 is 0 Å². The average molecular weight is 465 g/mol. The van der Waals surface area contributed by atoms with E-state index in [1.54, 1.807) is 18.3 Å². The number of aromatic amines is 1. The zero-order valence-corrected chi connectivity index (χ0v) is 18.9. The maximum absolute atomic E-state index is 11.0. The number of rotatable bonds is 6.